The highest BCUT2D eigenvalue weighted by molar-refractivity contribution is 6.33. The Morgan fingerprint density at radius 2 is 2.25 bits per heavy atom. The second-order valence-corrected chi connectivity index (χ2v) is 3.69. The third-order valence-electron chi connectivity index (χ3n) is 2.07. The Morgan fingerprint density at radius 1 is 1.62 bits per heavy atom. The van der Waals surface area contributed by atoms with Crippen LogP contribution in [0.25, 0.3) is 0 Å². The molecule has 6 heteroatoms. The molecule has 1 atom stereocenters. The number of rotatable bonds is 4. The first-order chi connectivity index (χ1) is 7.47. The summed E-state index contributed by atoms with van der Waals surface area (Å²) in [6.07, 6.45) is 0.408. The molecule has 0 aliphatic rings. The van der Waals surface area contributed by atoms with Gasteiger partial charge in [0.05, 0.1) is 10.3 Å². The number of Topliss-reactive ketones (excluding diaryl/α,β-unsaturated/α-hetero) is 1. The minimum Gasteiger partial charge on any atom is -0.293 e. The lowest BCUT2D eigenvalue weighted by Crippen LogP contribution is -2.13. The third-order valence-corrected chi connectivity index (χ3v) is 2.58. The molecule has 1 rings (SSSR count). The molecule has 0 aliphatic carbocycles. The van der Waals surface area contributed by atoms with E-state index in [1.54, 1.807) is 6.92 Å². The van der Waals surface area contributed by atoms with Crippen molar-refractivity contribution in [2.45, 2.75) is 18.7 Å². The van der Waals surface area contributed by atoms with Gasteiger partial charge in [0, 0.05) is 11.6 Å². The van der Waals surface area contributed by atoms with Gasteiger partial charge in [0.15, 0.2) is 5.78 Å². The largest absolute Gasteiger partial charge is 0.305 e. The smallest absolute Gasteiger partial charge is 0.293 e. The van der Waals surface area contributed by atoms with E-state index in [9.17, 15) is 19.3 Å². The van der Waals surface area contributed by atoms with Crippen LogP contribution in [0.5, 0.6) is 0 Å². The summed E-state index contributed by atoms with van der Waals surface area (Å²) >= 11 is 5.71. The van der Waals surface area contributed by atoms with Crippen LogP contribution in [0.3, 0.4) is 0 Å². The molecule has 0 radical (unpaired) electrons. The highest BCUT2D eigenvalue weighted by Gasteiger charge is 2.20. The number of ketones is 1. The van der Waals surface area contributed by atoms with Crippen LogP contribution in [-0.4, -0.2) is 16.1 Å². The van der Waals surface area contributed by atoms with Crippen LogP contribution < -0.4 is 0 Å². The molecule has 86 valence electrons. The van der Waals surface area contributed by atoms with Crippen molar-refractivity contribution >= 4 is 23.1 Å². The standard InChI is InChI=1S/C10H9ClFNO3/c1-2-7(11)10(14)6-3-4-8(12)9(5-6)13(15)16/h3-5,7H,2H2,1H3. The topological polar surface area (TPSA) is 60.2 Å². The van der Waals surface area contributed by atoms with Gasteiger partial charge in [0.25, 0.3) is 0 Å². The molecule has 0 aliphatic heterocycles. The Hall–Kier alpha value is -1.49. The monoisotopic (exact) mass is 245 g/mol. The molecule has 0 saturated heterocycles. The van der Waals surface area contributed by atoms with Crippen LogP contribution in [0.1, 0.15) is 23.7 Å². The normalized spacial score (nSPS) is 12.2. The van der Waals surface area contributed by atoms with E-state index in [0.717, 1.165) is 12.1 Å². The van der Waals surface area contributed by atoms with Crippen molar-refractivity contribution < 1.29 is 14.1 Å². The highest BCUT2D eigenvalue weighted by atomic mass is 35.5. The minimum atomic E-state index is -0.968. The fourth-order valence-corrected chi connectivity index (χ4v) is 1.30. The number of nitrogens with zero attached hydrogens (tertiary/aromatic N) is 1. The second-order valence-electron chi connectivity index (χ2n) is 3.16. The number of nitro groups is 1. The summed E-state index contributed by atoms with van der Waals surface area (Å²) in [5, 5.41) is 9.71. The molecule has 4 nitrogen and oxygen atoms in total. The number of halogens is 2. The zero-order valence-electron chi connectivity index (χ0n) is 8.44. The van der Waals surface area contributed by atoms with Crippen LogP contribution in [0.2, 0.25) is 0 Å². The van der Waals surface area contributed by atoms with E-state index < -0.39 is 27.6 Å². The summed E-state index contributed by atoms with van der Waals surface area (Å²) in [6.45, 7) is 1.72. The number of nitro benzene ring substituents is 1. The van der Waals surface area contributed by atoms with Gasteiger partial charge in [-0.1, -0.05) is 6.92 Å². The number of carbonyl (C=O) groups excluding carboxylic acids is 1. The van der Waals surface area contributed by atoms with Crippen molar-refractivity contribution in [3.63, 3.8) is 0 Å². The SMILES string of the molecule is CCC(Cl)C(=O)c1ccc(F)c([N+](=O)[O-])c1. The molecule has 0 aromatic heterocycles. The summed E-state index contributed by atoms with van der Waals surface area (Å²) in [5.41, 5.74) is -0.666. The molecule has 0 spiro atoms. The summed E-state index contributed by atoms with van der Waals surface area (Å²) < 4.78 is 13.0. The van der Waals surface area contributed by atoms with Gasteiger partial charge >= 0.3 is 5.69 Å². The summed E-state index contributed by atoms with van der Waals surface area (Å²) in [6, 6.07) is 2.99. The van der Waals surface area contributed by atoms with Crippen molar-refractivity contribution in [1.82, 2.24) is 0 Å². The molecular formula is C10H9ClFNO3. The van der Waals surface area contributed by atoms with E-state index in [2.05, 4.69) is 0 Å². The molecule has 0 heterocycles. The van der Waals surface area contributed by atoms with E-state index in [1.807, 2.05) is 0 Å². The maximum atomic E-state index is 13.0. The van der Waals surface area contributed by atoms with Gasteiger partial charge in [-0.3, -0.25) is 14.9 Å². The fraction of sp³-hybridized carbons (Fsp3) is 0.300. The van der Waals surface area contributed by atoms with Crippen molar-refractivity contribution in [1.29, 1.82) is 0 Å². The molecular weight excluding hydrogens is 237 g/mol. The Kier molecular flexibility index (Phi) is 3.95. The quantitative estimate of drug-likeness (QED) is 0.355. The lowest BCUT2D eigenvalue weighted by atomic mass is 10.1. The van der Waals surface area contributed by atoms with Crippen LogP contribution in [0.15, 0.2) is 18.2 Å². The maximum Gasteiger partial charge on any atom is 0.305 e. The van der Waals surface area contributed by atoms with Crippen molar-refractivity contribution in [3.05, 3.63) is 39.7 Å². The number of alkyl halides is 1. The fourth-order valence-electron chi connectivity index (χ4n) is 1.17. The molecule has 0 N–H and O–H groups in total. The average Bonchev–Trinajstić information content (AvgIpc) is 2.27. The van der Waals surface area contributed by atoms with Gasteiger partial charge < -0.3 is 0 Å². The van der Waals surface area contributed by atoms with E-state index in [4.69, 9.17) is 11.6 Å². The first-order valence-electron chi connectivity index (χ1n) is 4.59. The number of benzene rings is 1. The third kappa shape index (κ3) is 2.55. The lowest BCUT2D eigenvalue weighted by molar-refractivity contribution is -0.387. The van der Waals surface area contributed by atoms with Crippen LogP contribution in [-0.2, 0) is 0 Å². The number of hydrogen-bond acceptors (Lipinski definition) is 3. The molecule has 1 aromatic carbocycles. The predicted octanol–water partition coefficient (Wildman–Crippen LogP) is 2.93. The zero-order chi connectivity index (χ0) is 12.3. The Morgan fingerprint density at radius 3 is 2.75 bits per heavy atom. The highest BCUT2D eigenvalue weighted by Crippen LogP contribution is 2.21. The van der Waals surface area contributed by atoms with E-state index in [-0.39, 0.29) is 5.56 Å². The van der Waals surface area contributed by atoms with E-state index >= 15 is 0 Å². The first kappa shape index (κ1) is 12.6. The van der Waals surface area contributed by atoms with Gasteiger partial charge in [-0.15, -0.1) is 11.6 Å². The van der Waals surface area contributed by atoms with Crippen LogP contribution >= 0.6 is 11.6 Å². The number of hydrogen-bond donors (Lipinski definition) is 0. The molecule has 1 unspecified atom stereocenters. The molecule has 16 heavy (non-hydrogen) atoms. The minimum absolute atomic E-state index is 0.0509. The van der Waals surface area contributed by atoms with Crippen molar-refractivity contribution in [2.24, 2.45) is 0 Å². The molecule has 0 saturated carbocycles. The van der Waals surface area contributed by atoms with Crippen molar-refractivity contribution in [3.8, 4) is 0 Å². The van der Waals surface area contributed by atoms with Gasteiger partial charge in [0.2, 0.25) is 5.82 Å². The van der Waals surface area contributed by atoms with Gasteiger partial charge in [0.1, 0.15) is 0 Å². The van der Waals surface area contributed by atoms with Gasteiger partial charge in [-0.05, 0) is 18.6 Å². The number of carbonyl (C=O) groups is 1. The maximum absolute atomic E-state index is 13.0. The van der Waals surface area contributed by atoms with Crippen molar-refractivity contribution in [2.75, 3.05) is 0 Å². The molecule has 0 fully saturated rings. The average molecular weight is 246 g/mol. The Bertz CT molecular complexity index is 436. The summed E-state index contributed by atoms with van der Waals surface area (Å²) in [4.78, 5) is 21.2. The van der Waals surface area contributed by atoms with Gasteiger partial charge in [-0.2, -0.15) is 4.39 Å². The molecule has 0 bridgehead atoms. The van der Waals surface area contributed by atoms with Crippen LogP contribution in [0, 0.1) is 15.9 Å². The zero-order valence-corrected chi connectivity index (χ0v) is 9.20. The molecule has 1 aromatic rings. The Balaban J connectivity index is 3.13. The Labute approximate surface area is 96.2 Å². The van der Waals surface area contributed by atoms with E-state index in [0.29, 0.717) is 6.42 Å². The predicted molar refractivity (Wildman–Crippen MR) is 57.3 cm³/mol. The second kappa shape index (κ2) is 5.03. The lowest BCUT2D eigenvalue weighted by Gasteiger charge is -2.05. The molecule has 0 amide bonds. The summed E-state index contributed by atoms with van der Waals surface area (Å²) in [7, 11) is 0. The van der Waals surface area contributed by atoms with E-state index in [1.165, 1.54) is 6.07 Å². The summed E-state index contributed by atoms with van der Waals surface area (Å²) in [5.74, 6) is -1.41. The first-order valence-corrected chi connectivity index (χ1v) is 5.03. The van der Waals surface area contributed by atoms with Crippen LogP contribution in [0.4, 0.5) is 10.1 Å². The van der Waals surface area contributed by atoms with Gasteiger partial charge in [-0.25, -0.2) is 0 Å².